The number of nitrogens with zero attached hydrogens (tertiary/aromatic N) is 2. The van der Waals surface area contributed by atoms with Gasteiger partial charge < -0.3 is 10.4 Å². The van der Waals surface area contributed by atoms with Gasteiger partial charge in [0.15, 0.2) is 0 Å². The molecule has 4 aromatic rings. The van der Waals surface area contributed by atoms with E-state index in [0.29, 0.717) is 11.6 Å². The molecule has 0 spiro atoms. The number of fused-ring (bicyclic) bond motifs is 1. The molecule has 0 unspecified atom stereocenters. The number of hydrogen-bond donors (Lipinski definition) is 2. The van der Waals surface area contributed by atoms with Crippen molar-refractivity contribution in [3.05, 3.63) is 83.6 Å². The molecule has 1 heterocycles. The summed E-state index contributed by atoms with van der Waals surface area (Å²) in [6.45, 7) is 5.42. The highest BCUT2D eigenvalue weighted by atomic mass is 16.4. The van der Waals surface area contributed by atoms with Crippen LogP contribution >= 0.6 is 0 Å². The summed E-state index contributed by atoms with van der Waals surface area (Å²) in [5.74, 6) is -0.899. The molecule has 6 nitrogen and oxygen atoms in total. The predicted molar refractivity (Wildman–Crippen MR) is 136 cm³/mol. The molecule has 0 radical (unpaired) electrons. The molecule has 0 saturated heterocycles. The lowest BCUT2D eigenvalue weighted by Crippen LogP contribution is -2.28. The van der Waals surface area contributed by atoms with E-state index in [4.69, 9.17) is 0 Å². The minimum Gasteiger partial charge on any atom is -0.481 e. The van der Waals surface area contributed by atoms with Gasteiger partial charge in [-0.2, -0.15) is 5.10 Å². The molecule has 1 aromatic heterocycles. The van der Waals surface area contributed by atoms with Gasteiger partial charge in [0.25, 0.3) is 5.91 Å². The number of carbonyl (C=O) groups excluding carboxylic acids is 1. The number of carbonyl (C=O) groups is 2. The number of aromatic nitrogens is 2. The Balaban J connectivity index is 1.50. The van der Waals surface area contributed by atoms with Crippen LogP contribution in [0.2, 0.25) is 0 Å². The van der Waals surface area contributed by atoms with Crippen LogP contribution in [0.1, 0.15) is 48.2 Å². The summed E-state index contributed by atoms with van der Waals surface area (Å²) in [6.07, 6.45) is 3.85. The molecule has 1 aliphatic carbocycles. The van der Waals surface area contributed by atoms with Crippen molar-refractivity contribution in [1.82, 2.24) is 15.5 Å². The predicted octanol–water partition coefficient (Wildman–Crippen LogP) is 5.53. The maximum atomic E-state index is 12.6. The minimum absolute atomic E-state index is 0.0304. The van der Waals surface area contributed by atoms with Gasteiger partial charge >= 0.3 is 5.97 Å². The zero-order valence-corrected chi connectivity index (χ0v) is 20.0. The lowest BCUT2D eigenvalue weighted by atomic mass is 9.84. The molecule has 1 saturated carbocycles. The largest absolute Gasteiger partial charge is 0.481 e. The van der Waals surface area contributed by atoms with Gasteiger partial charge in [0, 0.05) is 27.9 Å². The fourth-order valence-electron chi connectivity index (χ4n) is 4.21. The van der Waals surface area contributed by atoms with Crippen LogP contribution in [0.5, 0.6) is 0 Å². The highest BCUT2D eigenvalue weighted by Crippen LogP contribution is 2.33. The Hall–Kier alpha value is -4.06. The Labute approximate surface area is 204 Å². The van der Waals surface area contributed by atoms with E-state index in [2.05, 4.69) is 21.6 Å². The fourth-order valence-corrected chi connectivity index (χ4v) is 4.21. The summed E-state index contributed by atoms with van der Waals surface area (Å²) in [5.41, 5.74) is 5.13. The zero-order valence-electron chi connectivity index (χ0n) is 20.0. The van der Waals surface area contributed by atoms with Crippen LogP contribution in [0.15, 0.2) is 66.9 Å². The average molecular weight is 466 g/mol. The monoisotopic (exact) mass is 465 g/mol. The SMILES string of the molecule is Cc1ccc(C(=O)NC2CC2)cc1-c1ccc2c(-c3ccc(C(C)(C)C(=O)O)cc3)nncc2c1. The first-order valence-electron chi connectivity index (χ1n) is 11.8. The van der Waals surface area contributed by atoms with Crippen molar-refractivity contribution in [3.63, 3.8) is 0 Å². The maximum Gasteiger partial charge on any atom is 0.313 e. The van der Waals surface area contributed by atoms with Gasteiger partial charge in [-0.15, -0.1) is 5.10 Å². The van der Waals surface area contributed by atoms with Gasteiger partial charge in [0.05, 0.1) is 11.6 Å². The molecule has 0 bridgehead atoms. The standard InChI is InChI=1S/C29H27N3O3/c1-17-4-5-20(27(33)31-23-11-12-23)15-25(17)19-8-13-24-21(14-19)16-30-32-26(24)18-6-9-22(10-7-18)29(2,3)28(34)35/h4-10,13-16,23H,11-12H2,1-3H3,(H,31,33)(H,34,35). The highest BCUT2D eigenvalue weighted by Gasteiger charge is 2.29. The first-order chi connectivity index (χ1) is 16.7. The van der Waals surface area contributed by atoms with Crippen molar-refractivity contribution in [3.8, 4) is 22.4 Å². The summed E-state index contributed by atoms with van der Waals surface area (Å²) in [6, 6.07) is 19.7. The van der Waals surface area contributed by atoms with E-state index in [9.17, 15) is 14.7 Å². The van der Waals surface area contributed by atoms with E-state index < -0.39 is 11.4 Å². The molecule has 1 amide bonds. The second-order valence-corrected chi connectivity index (χ2v) is 9.78. The molecular weight excluding hydrogens is 438 g/mol. The molecule has 6 heteroatoms. The zero-order chi connectivity index (χ0) is 24.7. The quantitative estimate of drug-likeness (QED) is 0.391. The van der Waals surface area contributed by atoms with E-state index in [0.717, 1.165) is 57.1 Å². The Morgan fingerprint density at radius 3 is 2.37 bits per heavy atom. The van der Waals surface area contributed by atoms with Crippen LogP contribution in [-0.4, -0.2) is 33.2 Å². The first kappa shape index (κ1) is 22.7. The Bertz CT molecular complexity index is 1450. The van der Waals surface area contributed by atoms with Crippen LogP contribution < -0.4 is 5.32 Å². The first-order valence-corrected chi connectivity index (χ1v) is 11.8. The summed E-state index contributed by atoms with van der Waals surface area (Å²) < 4.78 is 0. The molecule has 0 aliphatic heterocycles. The number of aryl methyl sites for hydroxylation is 1. The van der Waals surface area contributed by atoms with Gasteiger partial charge in [0.2, 0.25) is 0 Å². The van der Waals surface area contributed by atoms with E-state index in [1.165, 1.54) is 0 Å². The molecule has 2 N–H and O–H groups in total. The summed E-state index contributed by atoms with van der Waals surface area (Å²) in [7, 11) is 0. The Morgan fingerprint density at radius 1 is 0.971 bits per heavy atom. The average Bonchev–Trinajstić information content (AvgIpc) is 3.67. The van der Waals surface area contributed by atoms with Crippen LogP contribution in [-0.2, 0) is 10.2 Å². The summed E-state index contributed by atoms with van der Waals surface area (Å²) in [4.78, 5) is 24.2. The third-order valence-electron chi connectivity index (χ3n) is 6.80. The number of nitrogens with one attached hydrogen (secondary N) is 1. The van der Waals surface area contributed by atoms with E-state index in [1.807, 2.05) is 61.5 Å². The Morgan fingerprint density at radius 2 is 1.69 bits per heavy atom. The van der Waals surface area contributed by atoms with Crippen molar-refractivity contribution in [2.45, 2.75) is 45.1 Å². The van der Waals surface area contributed by atoms with E-state index in [1.54, 1.807) is 20.0 Å². The van der Waals surface area contributed by atoms with E-state index >= 15 is 0 Å². The van der Waals surface area contributed by atoms with Gasteiger partial charge in [-0.3, -0.25) is 9.59 Å². The number of amides is 1. The number of hydrogen-bond acceptors (Lipinski definition) is 4. The Kier molecular flexibility index (Phi) is 5.59. The van der Waals surface area contributed by atoms with Crippen molar-refractivity contribution in [1.29, 1.82) is 0 Å². The summed E-state index contributed by atoms with van der Waals surface area (Å²) in [5, 5.41) is 23.1. The van der Waals surface area contributed by atoms with Crippen molar-refractivity contribution >= 4 is 22.6 Å². The highest BCUT2D eigenvalue weighted by molar-refractivity contribution is 5.98. The second-order valence-electron chi connectivity index (χ2n) is 9.78. The van der Waals surface area contributed by atoms with Gasteiger partial charge in [0.1, 0.15) is 5.69 Å². The molecule has 5 rings (SSSR count). The lowest BCUT2D eigenvalue weighted by molar-refractivity contribution is -0.142. The molecule has 1 fully saturated rings. The summed E-state index contributed by atoms with van der Waals surface area (Å²) >= 11 is 0. The topological polar surface area (TPSA) is 92.2 Å². The second kappa shape index (κ2) is 8.62. The third kappa shape index (κ3) is 4.39. The smallest absolute Gasteiger partial charge is 0.313 e. The normalized spacial score (nSPS) is 13.6. The number of carboxylic acids is 1. The van der Waals surface area contributed by atoms with Gasteiger partial charge in [-0.1, -0.05) is 42.5 Å². The number of benzene rings is 3. The number of carboxylic acid groups (broad SMARTS) is 1. The number of aliphatic carboxylic acids is 1. The van der Waals surface area contributed by atoms with Crippen LogP contribution in [0.3, 0.4) is 0 Å². The van der Waals surface area contributed by atoms with Crippen LogP contribution in [0, 0.1) is 6.92 Å². The molecule has 3 aromatic carbocycles. The van der Waals surface area contributed by atoms with Gasteiger partial charge in [-0.05, 0) is 74.1 Å². The third-order valence-corrected chi connectivity index (χ3v) is 6.80. The van der Waals surface area contributed by atoms with Gasteiger partial charge in [-0.25, -0.2) is 0 Å². The minimum atomic E-state index is -0.972. The molecular formula is C29H27N3O3. The molecule has 1 aliphatic rings. The van der Waals surface area contributed by atoms with Crippen LogP contribution in [0.4, 0.5) is 0 Å². The van der Waals surface area contributed by atoms with Crippen molar-refractivity contribution in [2.75, 3.05) is 0 Å². The molecule has 35 heavy (non-hydrogen) atoms. The van der Waals surface area contributed by atoms with Crippen molar-refractivity contribution < 1.29 is 14.7 Å². The van der Waals surface area contributed by atoms with E-state index in [-0.39, 0.29) is 5.91 Å². The lowest BCUT2D eigenvalue weighted by Gasteiger charge is -2.19. The van der Waals surface area contributed by atoms with Crippen molar-refractivity contribution in [2.24, 2.45) is 0 Å². The van der Waals surface area contributed by atoms with Crippen LogP contribution in [0.25, 0.3) is 33.2 Å². The fraction of sp³-hybridized carbons (Fsp3) is 0.241. The number of rotatable bonds is 6. The molecule has 176 valence electrons. The molecule has 0 atom stereocenters. The maximum absolute atomic E-state index is 12.6.